The van der Waals surface area contributed by atoms with Gasteiger partial charge < -0.3 is 15.1 Å². The Kier molecular flexibility index (Phi) is 10.7. The third-order valence-electron chi connectivity index (χ3n) is 5.40. The first kappa shape index (κ1) is 23.0. The molecule has 0 aromatic heterocycles. The van der Waals surface area contributed by atoms with E-state index in [0.717, 1.165) is 45.1 Å². The molecule has 0 aromatic carbocycles. The largest absolute Gasteiger partial charge is 0.341 e. The van der Waals surface area contributed by atoms with Gasteiger partial charge in [-0.25, -0.2) is 0 Å². The molecule has 2 aliphatic rings. The van der Waals surface area contributed by atoms with Gasteiger partial charge in [0, 0.05) is 19.6 Å². The molecule has 2 fully saturated rings. The SMILES string of the molecule is CCN(CC)CC1CCN(C(=O)C2(C)CCCCN2)CC1.Cl.Cl. The molecule has 1 atom stereocenters. The molecule has 2 aliphatic heterocycles. The molecule has 1 amide bonds. The van der Waals surface area contributed by atoms with Crippen molar-refractivity contribution >= 4 is 30.7 Å². The zero-order chi connectivity index (χ0) is 15.3. The minimum absolute atomic E-state index is 0. The Labute approximate surface area is 154 Å². The Morgan fingerprint density at radius 2 is 1.78 bits per heavy atom. The van der Waals surface area contributed by atoms with Crippen LogP contribution >= 0.6 is 24.8 Å². The first-order valence-electron chi connectivity index (χ1n) is 8.85. The number of amides is 1. The topological polar surface area (TPSA) is 35.6 Å². The molecule has 2 rings (SSSR count). The van der Waals surface area contributed by atoms with Gasteiger partial charge in [0.05, 0.1) is 5.54 Å². The molecular formula is C17H35Cl2N3O. The van der Waals surface area contributed by atoms with Crippen LogP contribution in [0.15, 0.2) is 0 Å². The molecule has 0 bridgehead atoms. The smallest absolute Gasteiger partial charge is 0.242 e. The van der Waals surface area contributed by atoms with E-state index in [4.69, 9.17) is 0 Å². The summed E-state index contributed by atoms with van der Waals surface area (Å²) in [6, 6.07) is 0. The zero-order valence-electron chi connectivity index (χ0n) is 15.0. The molecule has 0 aromatic rings. The Morgan fingerprint density at radius 3 is 2.26 bits per heavy atom. The second-order valence-corrected chi connectivity index (χ2v) is 6.94. The van der Waals surface area contributed by atoms with E-state index in [1.807, 2.05) is 0 Å². The van der Waals surface area contributed by atoms with Crippen molar-refractivity contribution in [2.45, 2.75) is 58.4 Å². The van der Waals surface area contributed by atoms with Crippen molar-refractivity contribution in [3.05, 3.63) is 0 Å². The summed E-state index contributed by atoms with van der Waals surface area (Å²) in [6.45, 7) is 12.9. The van der Waals surface area contributed by atoms with Crippen LogP contribution in [0.3, 0.4) is 0 Å². The standard InChI is InChI=1S/C17H33N3O.2ClH/c1-4-19(5-2)14-15-8-12-20(13-9-15)16(21)17(3)10-6-7-11-18-17;;/h15,18H,4-14H2,1-3H3;2*1H. The Bertz CT molecular complexity index is 337. The Balaban J connectivity index is 0.00000242. The van der Waals surface area contributed by atoms with Gasteiger partial charge in [-0.3, -0.25) is 4.79 Å². The fourth-order valence-corrected chi connectivity index (χ4v) is 3.75. The molecule has 0 spiro atoms. The summed E-state index contributed by atoms with van der Waals surface area (Å²) in [5.74, 6) is 1.10. The molecule has 2 heterocycles. The second kappa shape index (κ2) is 10.8. The van der Waals surface area contributed by atoms with E-state index in [-0.39, 0.29) is 30.4 Å². The van der Waals surface area contributed by atoms with Crippen LogP contribution in [0.1, 0.15) is 52.9 Å². The van der Waals surface area contributed by atoms with Gasteiger partial charge in [0.2, 0.25) is 5.91 Å². The lowest BCUT2D eigenvalue weighted by Gasteiger charge is -2.41. The third-order valence-corrected chi connectivity index (χ3v) is 5.40. The van der Waals surface area contributed by atoms with Gasteiger partial charge in [-0.15, -0.1) is 24.8 Å². The van der Waals surface area contributed by atoms with Gasteiger partial charge in [0.25, 0.3) is 0 Å². The predicted octanol–water partition coefficient (Wildman–Crippen LogP) is 2.94. The lowest BCUT2D eigenvalue weighted by Crippen LogP contribution is -2.59. The van der Waals surface area contributed by atoms with Crippen molar-refractivity contribution in [3.63, 3.8) is 0 Å². The highest BCUT2D eigenvalue weighted by molar-refractivity contribution is 5.86. The lowest BCUT2D eigenvalue weighted by atomic mass is 9.88. The van der Waals surface area contributed by atoms with Crippen molar-refractivity contribution in [1.29, 1.82) is 0 Å². The molecule has 0 saturated carbocycles. The summed E-state index contributed by atoms with van der Waals surface area (Å²) in [5, 5.41) is 3.45. The second-order valence-electron chi connectivity index (χ2n) is 6.94. The van der Waals surface area contributed by atoms with Crippen LogP contribution in [0.2, 0.25) is 0 Å². The predicted molar refractivity (Wildman–Crippen MR) is 102 cm³/mol. The number of rotatable bonds is 5. The van der Waals surface area contributed by atoms with Crippen molar-refractivity contribution in [1.82, 2.24) is 15.1 Å². The summed E-state index contributed by atoms with van der Waals surface area (Å²) in [6.07, 6.45) is 5.70. The summed E-state index contributed by atoms with van der Waals surface area (Å²) in [4.78, 5) is 17.4. The molecule has 2 saturated heterocycles. The Morgan fingerprint density at radius 1 is 1.17 bits per heavy atom. The van der Waals surface area contributed by atoms with Gasteiger partial charge in [-0.05, 0) is 64.6 Å². The van der Waals surface area contributed by atoms with Gasteiger partial charge >= 0.3 is 0 Å². The quantitative estimate of drug-likeness (QED) is 0.811. The number of piperidine rings is 2. The molecule has 1 N–H and O–H groups in total. The fraction of sp³-hybridized carbons (Fsp3) is 0.941. The normalized spacial score (nSPS) is 25.7. The van der Waals surface area contributed by atoms with E-state index < -0.39 is 0 Å². The lowest BCUT2D eigenvalue weighted by molar-refractivity contribution is -0.140. The monoisotopic (exact) mass is 367 g/mol. The molecule has 23 heavy (non-hydrogen) atoms. The number of halogens is 2. The summed E-state index contributed by atoms with van der Waals surface area (Å²) in [7, 11) is 0. The first-order valence-corrected chi connectivity index (χ1v) is 8.85. The van der Waals surface area contributed by atoms with Gasteiger partial charge in [0.15, 0.2) is 0 Å². The van der Waals surface area contributed by atoms with E-state index in [1.165, 1.54) is 32.2 Å². The van der Waals surface area contributed by atoms with Crippen LogP contribution in [0.25, 0.3) is 0 Å². The molecule has 4 nitrogen and oxygen atoms in total. The van der Waals surface area contributed by atoms with Crippen LogP contribution in [0.4, 0.5) is 0 Å². The summed E-state index contributed by atoms with van der Waals surface area (Å²) in [5.41, 5.74) is -0.302. The number of carbonyl (C=O) groups is 1. The van der Waals surface area contributed by atoms with Crippen molar-refractivity contribution < 1.29 is 4.79 Å². The highest BCUT2D eigenvalue weighted by Crippen LogP contribution is 2.25. The number of carbonyl (C=O) groups excluding carboxylic acids is 1. The highest BCUT2D eigenvalue weighted by Gasteiger charge is 2.38. The van der Waals surface area contributed by atoms with Gasteiger partial charge in [-0.2, -0.15) is 0 Å². The highest BCUT2D eigenvalue weighted by atomic mass is 35.5. The summed E-state index contributed by atoms with van der Waals surface area (Å²) < 4.78 is 0. The van der Waals surface area contributed by atoms with Crippen LogP contribution < -0.4 is 5.32 Å². The Hall–Kier alpha value is -0.0300. The minimum atomic E-state index is -0.302. The van der Waals surface area contributed by atoms with E-state index in [9.17, 15) is 4.79 Å². The van der Waals surface area contributed by atoms with Crippen LogP contribution in [0, 0.1) is 5.92 Å². The van der Waals surface area contributed by atoms with Gasteiger partial charge in [0.1, 0.15) is 0 Å². The maximum atomic E-state index is 12.8. The van der Waals surface area contributed by atoms with E-state index in [0.29, 0.717) is 5.91 Å². The maximum Gasteiger partial charge on any atom is 0.242 e. The van der Waals surface area contributed by atoms with Crippen molar-refractivity contribution in [2.24, 2.45) is 5.92 Å². The molecule has 138 valence electrons. The van der Waals surface area contributed by atoms with Crippen LogP contribution in [0.5, 0.6) is 0 Å². The third kappa shape index (κ3) is 6.08. The number of hydrogen-bond donors (Lipinski definition) is 1. The molecule has 0 aliphatic carbocycles. The van der Waals surface area contributed by atoms with E-state index in [2.05, 4.69) is 35.9 Å². The molecular weight excluding hydrogens is 333 g/mol. The summed E-state index contributed by atoms with van der Waals surface area (Å²) >= 11 is 0. The molecule has 1 unspecified atom stereocenters. The number of nitrogens with zero attached hydrogens (tertiary/aromatic N) is 2. The number of hydrogen-bond acceptors (Lipinski definition) is 3. The average molecular weight is 368 g/mol. The van der Waals surface area contributed by atoms with E-state index >= 15 is 0 Å². The zero-order valence-corrected chi connectivity index (χ0v) is 16.6. The van der Waals surface area contributed by atoms with Crippen molar-refractivity contribution in [3.8, 4) is 0 Å². The number of nitrogens with one attached hydrogen (secondary N) is 1. The van der Waals surface area contributed by atoms with Crippen LogP contribution in [-0.2, 0) is 4.79 Å². The molecule has 0 radical (unpaired) electrons. The first-order chi connectivity index (χ1) is 10.1. The fourth-order valence-electron chi connectivity index (χ4n) is 3.75. The molecule has 6 heteroatoms. The average Bonchev–Trinajstić information content (AvgIpc) is 2.53. The minimum Gasteiger partial charge on any atom is -0.341 e. The van der Waals surface area contributed by atoms with Gasteiger partial charge in [-0.1, -0.05) is 13.8 Å². The maximum absolute atomic E-state index is 12.8. The van der Waals surface area contributed by atoms with Crippen LogP contribution in [-0.4, -0.2) is 60.5 Å². The number of likely N-dealkylation sites (tertiary alicyclic amines) is 1. The van der Waals surface area contributed by atoms with E-state index in [1.54, 1.807) is 0 Å². The van der Waals surface area contributed by atoms with Crippen molar-refractivity contribution in [2.75, 3.05) is 39.3 Å².